The maximum Gasteiger partial charge on any atom is 0.148 e. The summed E-state index contributed by atoms with van der Waals surface area (Å²) in [7, 11) is 0. The van der Waals surface area contributed by atoms with Gasteiger partial charge < -0.3 is 12.2 Å². The van der Waals surface area contributed by atoms with E-state index in [4.69, 9.17) is 12.2 Å². The van der Waals surface area contributed by atoms with Crippen LogP contribution in [0.15, 0.2) is 2.96 Å². The number of hydrogen-bond donors (Lipinski definition) is 0. The van der Waals surface area contributed by atoms with E-state index in [0.29, 0.717) is 0 Å². The van der Waals surface area contributed by atoms with Crippen LogP contribution in [0.5, 0.6) is 0 Å². The van der Waals surface area contributed by atoms with Crippen LogP contribution in [0.1, 0.15) is 0 Å². The van der Waals surface area contributed by atoms with Gasteiger partial charge in [-0.3, -0.25) is 0 Å². The Labute approximate surface area is 61.5 Å². The third kappa shape index (κ3) is 3.71. The van der Waals surface area contributed by atoms with Crippen molar-refractivity contribution in [1.82, 2.24) is 0 Å². The molecule has 0 aromatic heterocycles. The Morgan fingerprint density at radius 1 is 2.00 bits per heavy atom. The first-order chi connectivity index (χ1) is 2.81. The highest BCUT2D eigenvalue weighted by Crippen LogP contribution is 2.37. The lowest BCUT2D eigenvalue weighted by molar-refractivity contribution is 2.22. The van der Waals surface area contributed by atoms with Crippen LogP contribution < -0.4 is 0 Å². The fraction of sp³-hybridized carbons (Fsp3) is 1.00. The maximum absolute atomic E-state index is 4.79. The first-order valence-corrected chi connectivity index (χ1v) is 6.24. The summed E-state index contributed by atoms with van der Waals surface area (Å²) in [6.07, 6.45) is 1.51. The largest absolute Gasteiger partial charge is 0.453 e. The lowest BCUT2D eigenvalue weighted by atomic mass is 12.0. The second-order valence-electron chi connectivity index (χ2n) is 0.496. The molecule has 0 aromatic carbocycles. The van der Waals surface area contributed by atoms with Gasteiger partial charge in [0, 0.05) is 6.26 Å². The first kappa shape index (κ1) is 7.53. The average Bonchev–Trinajstić information content (AvgIpc) is 1.65. The van der Waals surface area contributed by atoms with Crippen molar-refractivity contribution in [1.29, 1.82) is 0 Å². The predicted molar refractivity (Wildman–Crippen MR) is 44.2 cm³/mol. The van der Waals surface area contributed by atoms with Gasteiger partial charge in [-0.2, -0.15) is 0 Å². The molecule has 1 atom stereocenters. The van der Waals surface area contributed by atoms with Gasteiger partial charge in [0.1, 0.15) is 29.0 Å². The Kier molecular flexibility index (Phi) is 5.88. The number of nitrogens with zero attached hydrogens (tertiary/aromatic N) is 1. The standard InChI is InChI=1S/CH3INPS2/c1-6-4(5)3-2/h1H3. The molecule has 0 fully saturated rings. The monoisotopic (exact) mass is 251 g/mol. The van der Waals surface area contributed by atoms with E-state index >= 15 is 0 Å². The molecule has 0 amide bonds. The van der Waals surface area contributed by atoms with Gasteiger partial charge in [-0.05, 0) is 0 Å². The van der Waals surface area contributed by atoms with Crippen LogP contribution in [0.4, 0.5) is 0 Å². The van der Waals surface area contributed by atoms with Crippen LogP contribution in [-0.2, 0) is 12.2 Å². The van der Waals surface area contributed by atoms with Gasteiger partial charge in [0.2, 0.25) is 0 Å². The van der Waals surface area contributed by atoms with E-state index in [0.717, 1.165) is 0 Å². The zero-order valence-electron chi connectivity index (χ0n) is 3.09. The maximum atomic E-state index is 4.79. The van der Waals surface area contributed by atoms with Crippen molar-refractivity contribution < 1.29 is 0 Å². The quantitative estimate of drug-likeness (QED) is 0.403. The molecule has 0 radical (unpaired) electrons. The Morgan fingerprint density at radius 3 is 2.50 bits per heavy atom. The molecule has 6 heavy (non-hydrogen) atoms. The molecule has 5 heteroatoms. The van der Waals surface area contributed by atoms with Crippen molar-refractivity contribution in [2.24, 2.45) is 2.96 Å². The van der Waals surface area contributed by atoms with E-state index < -0.39 is 6.12 Å². The van der Waals surface area contributed by atoms with Crippen molar-refractivity contribution in [3.05, 3.63) is 0 Å². The number of rotatable bonds is 1. The minimum atomic E-state index is -0.464. The van der Waals surface area contributed by atoms with Crippen LogP contribution in [-0.4, -0.2) is 6.26 Å². The first-order valence-electron chi connectivity index (χ1n) is 1.14. The van der Waals surface area contributed by atoms with E-state index in [9.17, 15) is 0 Å². The average molecular weight is 251 g/mol. The highest BCUT2D eigenvalue weighted by Gasteiger charge is 1.82. The van der Waals surface area contributed by atoms with Crippen molar-refractivity contribution in [2.75, 3.05) is 6.26 Å². The van der Waals surface area contributed by atoms with E-state index in [-0.39, 0.29) is 0 Å². The zero-order valence-corrected chi connectivity index (χ0v) is 7.77. The minimum absolute atomic E-state index is 0.464. The highest BCUT2D eigenvalue weighted by atomic mass is 127. The minimum Gasteiger partial charge on any atom is -0.453 e. The van der Waals surface area contributed by atoms with Gasteiger partial charge >= 0.3 is 0 Å². The highest BCUT2D eigenvalue weighted by molar-refractivity contribution is 14.1. The predicted octanol–water partition coefficient (Wildman–Crippen LogP) is 2.74. The summed E-state index contributed by atoms with van der Waals surface area (Å²) in [6, 6.07) is 0. The molecule has 0 spiro atoms. The van der Waals surface area contributed by atoms with Crippen LogP contribution in [0.2, 0.25) is 0 Å². The molecular formula is CH3INPS2. The summed E-state index contributed by atoms with van der Waals surface area (Å²) in [5, 5.41) is 0. The van der Waals surface area contributed by atoms with Crippen LogP contribution in [0.3, 0.4) is 0 Å². The second-order valence-corrected chi connectivity index (χ2v) is 6.65. The summed E-state index contributed by atoms with van der Waals surface area (Å²) in [4.78, 5) is 0. The second kappa shape index (κ2) is 4.68. The summed E-state index contributed by atoms with van der Waals surface area (Å²) in [5.41, 5.74) is 0. The molecule has 0 aromatic rings. The molecule has 0 heterocycles. The Bertz CT molecular complexity index is 64.6. The molecule has 0 aliphatic carbocycles. The van der Waals surface area contributed by atoms with Crippen molar-refractivity contribution >= 4 is 52.6 Å². The van der Waals surface area contributed by atoms with Crippen molar-refractivity contribution in [3.63, 3.8) is 0 Å². The summed E-state index contributed by atoms with van der Waals surface area (Å²) >= 11 is 8.37. The Morgan fingerprint density at radius 2 is 2.50 bits per heavy atom. The molecule has 0 saturated carbocycles. The summed E-state index contributed by atoms with van der Waals surface area (Å²) in [6.45, 7) is 0. The molecule has 0 bridgehead atoms. The number of halogens is 1. The molecule has 0 rings (SSSR count). The molecule has 36 valence electrons. The van der Waals surface area contributed by atoms with Crippen LogP contribution >= 0.6 is 40.4 Å². The smallest absolute Gasteiger partial charge is 0.148 e. The topological polar surface area (TPSA) is 12.4 Å². The van der Waals surface area contributed by atoms with Crippen LogP contribution in [0, 0.1) is 0 Å². The molecular weight excluding hydrogens is 248 g/mol. The number of hydrogen-bond acceptors (Lipinski definition) is 3. The van der Waals surface area contributed by atoms with E-state index in [2.05, 4.69) is 2.96 Å². The zero-order chi connectivity index (χ0) is 4.99. The molecule has 0 N–H and O–H groups in total. The van der Waals surface area contributed by atoms with E-state index in [1.54, 1.807) is 11.4 Å². The third-order valence-corrected chi connectivity index (χ3v) is 6.47. The summed E-state index contributed by atoms with van der Waals surface area (Å²) < 4.78 is 3.82. The SMILES string of the molecule is CS[P+]([S-])=NI. The van der Waals surface area contributed by atoms with E-state index in [1.807, 2.05) is 29.1 Å². The van der Waals surface area contributed by atoms with Crippen molar-refractivity contribution in [3.8, 4) is 0 Å². The van der Waals surface area contributed by atoms with Gasteiger partial charge in [0.05, 0.1) is 11.4 Å². The Hall–Kier alpha value is 1.53. The van der Waals surface area contributed by atoms with Gasteiger partial charge in [0.15, 0.2) is 0 Å². The van der Waals surface area contributed by atoms with Gasteiger partial charge in [-0.15, -0.1) is 0 Å². The molecule has 0 saturated heterocycles. The lowest BCUT2D eigenvalue weighted by Crippen LogP contribution is -1.32. The van der Waals surface area contributed by atoms with Crippen LogP contribution in [0.25, 0.3) is 0 Å². The fourth-order valence-corrected chi connectivity index (χ4v) is 1.86. The molecule has 1 unspecified atom stereocenters. The van der Waals surface area contributed by atoms with Crippen molar-refractivity contribution in [2.45, 2.75) is 0 Å². The molecule has 1 nitrogen and oxygen atoms in total. The van der Waals surface area contributed by atoms with Gasteiger partial charge in [-0.1, -0.05) is 2.96 Å². The van der Waals surface area contributed by atoms with Gasteiger partial charge in [-0.25, -0.2) is 0 Å². The molecule has 0 aliphatic heterocycles. The van der Waals surface area contributed by atoms with Gasteiger partial charge in [0.25, 0.3) is 0 Å². The third-order valence-electron chi connectivity index (χ3n) is 0.218. The lowest BCUT2D eigenvalue weighted by Gasteiger charge is -1.78. The molecule has 0 aliphatic rings. The Balaban J connectivity index is 3.22. The fourth-order valence-electron chi connectivity index (χ4n) is 0.0309. The van der Waals surface area contributed by atoms with E-state index in [1.165, 1.54) is 0 Å². The summed E-state index contributed by atoms with van der Waals surface area (Å²) in [5.74, 6) is 0. The normalized spacial score (nSPS) is 12.2.